The average molecular weight is 436 g/mol. The lowest BCUT2D eigenvalue weighted by Crippen LogP contribution is -2.23. The van der Waals surface area contributed by atoms with Crippen LogP contribution in [-0.4, -0.2) is 26.7 Å². The molecule has 0 heterocycles. The lowest BCUT2D eigenvalue weighted by molar-refractivity contribution is -0.121. The molecule has 0 aromatic heterocycles. The van der Waals surface area contributed by atoms with Crippen molar-refractivity contribution in [2.24, 2.45) is 0 Å². The van der Waals surface area contributed by atoms with E-state index in [1.807, 2.05) is 72.8 Å². The summed E-state index contributed by atoms with van der Waals surface area (Å²) in [5.41, 5.74) is 2.03. The first-order chi connectivity index (χ1) is 15.7. The number of carbonyl (C=O) groups is 1. The van der Waals surface area contributed by atoms with Crippen LogP contribution in [0.4, 0.5) is 0 Å². The molecule has 0 saturated carbocycles. The van der Waals surface area contributed by atoms with Crippen molar-refractivity contribution in [3.8, 4) is 23.0 Å². The summed E-state index contributed by atoms with van der Waals surface area (Å²) in [6.07, 6.45) is 1.03. The molecule has 32 heavy (non-hydrogen) atoms. The summed E-state index contributed by atoms with van der Waals surface area (Å²) in [5, 5.41) is 2.93. The molecule has 0 unspecified atom stereocenters. The first kappa shape index (κ1) is 23.0. The van der Waals surface area contributed by atoms with Gasteiger partial charge in [0.15, 0.2) is 11.5 Å². The number of benzene rings is 3. The van der Waals surface area contributed by atoms with Crippen molar-refractivity contribution in [1.82, 2.24) is 5.32 Å². The fourth-order valence-electron chi connectivity index (χ4n) is 3.06. The summed E-state index contributed by atoms with van der Waals surface area (Å²) in [7, 11) is 3.23. The molecule has 0 bridgehead atoms. The molecule has 0 aliphatic rings. The Balaban J connectivity index is 1.39. The number of hydrogen-bond donors (Lipinski definition) is 1. The van der Waals surface area contributed by atoms with Crippen molar-refractivity contribution < 1.29 is 23.7 Å². The van der Waals surface area contributed by atoms with Gasteiger partial charge in [-0.2, -0.15) is 0 Å². The number of rotatable bonds is 12. The average Bonchev–Trinajstić information content (AvgIpc) is 2.85. The van der Waals surface area contributed by atoms with Crippen LogP contribution in [-0.2, 0) is 17.9 Å². The van der Waals surface area contributed by atoms with Gasteiger partial charge in [0.05, 0.1) is 20.8 Å². The Bertz CT molecular complexity index is 973. The van der Waals surface area contributed by atoms with Gasteiger partial charge in [-0.25, -0.2) is 0 Å². The van der Waals surface area contributed by atoms with Crippen LogP contribution in [0.1, 0.15) is 24.0 Å². The van der Waals surface area contributed by atoms with Gasteiger partial charge < -0.3 is 24.3 Å². The molecule has 3 aromatic carbocycles. The summed E-state index contributed by atoms with van der Waals surface area (Å²) in [6.45, 7) is 1.36. The fourth-order valence-corrected chi connectivity index (χ4v) is 3.06. The summed E-state index contributed by atoms with van der Waals surface area (Å²) >= 11 is 0. The maximum Gasteiger partial charge on any atom is 0.220 e. The highest BCUT2D eigenvalue weighted by molar-refractivity contribution is 5.75. The molecule has 0 aliphatic carbocycles. The zero-order chi connectivity index (χ0) is 22.6. The highest BCUT2D eigenvalue weighted by Crippen LogP contribution is 2.29. The zero-order valence-electron chi connectivity index (χ0n) is 18.5. The van der Waals surface area contributed by atoms with Crippen molar-refractivity contribution in [3.63, 3.8) is 0 Å². The Morgan fingerprint density at radius 1 is 0.781 bits per heavy atom. The van der Waals surface area contributed by atoms with E-state index in [2.05, 4.69) is 5.32 Å². The van der Waals surface area contributed by atoms with E-state index < -0.39 is 0 Å². The van der Waals surface area contributed by atoms with Crippen LogP contribution in [0.5, 0.6) is 23.0 Å². The van der Waals surface area contributed by atoms with E-state index in [0.29, 0.717) is 44.1 Å². The van der Waals surface area contributed by atoms with Crippen molar-refractivity contribution >= 4 is 5.91 Å². The summed E-state index contributed by atoms with van der Waals surface area (Å²) < 4.78 is 22.1. The zero-order valence-corrected chi connectivity index (χ0v) is 18.5. The third kappa shape index (κ3) is 7.23. The molecule has 6 heteroatoms. The molecule has 168 valence electrons. The highest BCUT2D eigenvalue weighted by atomic mass is 16.5. The lowest BCUT2D eigenvalue weighted by Gasteiger charge is -2.13. The first-order valence-corrected chi connectivity index (χ1v) is 10.5. The molecule has 1 N–H and O–H groups in total. The molecule has 1 amide bonds. The number of hydrogen-bond acceptors (Lipinski definition) is 5. The van der Waals surface area contributed by atoms with E-state index >= 15 is 0 Å². The Kier molecular flexibility index (Phi) is 8.80. The second kappa shape index (κ2) is 12.2. The molecule has 0 atom stereocenters. The van der Waals surface area contributed by atoms with Gasteiger partial charge >= 0.3 is 0 Å². The molecule has 3 rings (SSSR count). The summed E-state index contributed by atoms with van der Waals surface area (Å²) in [4.78, 5) is 12.2. The Labute approximate surface area is 189 Å². The van der Waals surface area contributed by atoms with Gasteiger partial charge in [0, 0.05) is 13.0 Å². The van der Waals surface area contributed by atoms with Crippen LogP contribution in [0.3, 0.4) is 0 Å². The topological polar surface area (TPSA) is 66.0 Å². The summed E-state index contributed by atoms with van der Waals surface area (Å²) in [5.74, 6) is 2.83. The standard InChI is InChI=1S/C26H29NO5/c1-29-22-11-13-23(14-12-22)31-16-6-9-26(28)27-18-21-10-15-24(25(17-21)30-2)32-19-20-7-4-3-5-8-20/h3-5,7-8,10-15,17H,6,9,16,18-19H2,1-2H3,(H,27,28). The minimum absolute atomic E-state index is 0.0216. The second-order valence-electron chi connectivity index (χ2n) is 7.16. The predicted octanol–water partition coefficient (Wildman–Crippen LogP) is 4.76. The highest BCUT2D eigenvalue weighted by Gasteiger charge is 2.08. The Morgan fingerprint density at radius 2 is 1.53 bits per heavy atom. The SMILES string of the molecule is COc1ccc(OCCCC(=O)NCc2ccc(OCc3ccccc3)c(OC)c2)cc1. The van der Waals surface area contributed by atoms with Gasteiger partial charge in [0.25, 0.3) is 0 Å². The molecule has 0 spiro atoms. The van der Waals surface area contributed by atoms with Crippen molar-refractivity contribution in [2.75, 3.05) is 20.8 Å². The third-order valence-corrected chi connectivity index (χ3v) is 4.83. The van der Waals surface area contributed by atoms with E-state index in [1.165, 1.54) is 0 Å². The van der Waals surface area contributed by atoms with Crippen LogP contribution in [0.15, 0.2) is 72.8 Å². The molecule has 0 radical (unpaired) electrons. The van der Waals surface area contributed by atoms with Crippen molar-refractivity contribution in [1.29, 1.82) is 0 Å². The van der Waals surface area contributed by atoms with Crippen molar-refractivity contribution in [2.45, 2.75) is 26.0 Å². The van der Waals surface area contributed by atoms with E-state index in [0.717, 1.165) is 22.6 Å². The van der Waals surface area contributed by atoms with Crippen molar-refractivity contribution in [3.05, 3.63) is 83.9 Å². The number of nitrogens with one attached hydrogen (secondary N) is 1. The van der Waals surface area contributed by atoms with Gasteiger partial charge in [-0.3, -0.25) is 4.79 Å². The Morgan fingerprint density at radius 3 is 2.25 bits per heavy atom. The smallest absolute Gasteiger partial charge is 0.220 e. The van der Waals surface area contributed by atoms with E-state index in [9.17, 15) is 4.79 Å². The van der Waals surface area contributed by atoms with Gasteiger partial charge in [0.2, 0.25) is 5.91 Å². The van der Waals surface area contributed by atoms with Crippen LogP contribution in [0, 0.1) is 0 Å². The maximum atomic E-state index is 12.2. The van der Waals surface area contributed by atoms with Crippen LogP contribution in [0.2, 0.25) is 0 Å². The molecular weight excluding hydrogens is 406 g/mol. The number of methoxy groups -OCH3 is 2. The van der Waals surface area contributed by atoms with Gasteiger partial charge in [0.1, 0.15) is 18.1 Å². The molecule has 0 aliphatic heterocycles. The fraction of sp³-hybridized carbons (Fsp3) is 0.269. The molecule has 0 fully saturated rings. The third-order valence-electron chi connectivity index (χ3n) is 4.83. The molecule has 6 nitrogen and oxygen atoms in total. The predicted molar refractivity (Wildman–Crippen MR) is 123 cm³/mol. The molecular formula is C26H29NO5. The van der Waals surface area contributed by atoms with E-state index in [1.54, 1.807) is 14.2 Å². The van der Waals surface area contributed by atoms with E-state index in [-0.39, 0.29) is 5.91 Å². The molecule has 0 saturated heterocycles. The molecule has 3 aromatic rings. The maximum absolute atomic E-state index is 12.2. The lowest BCUT2D eigenvalue weighted by atomic mass is 10.2. The van der Waals surface area contributed by atoms with Gasteiger partial charge in [-0.05, 0) is 53.9 Å². The number of ether oxygens (including phenoxy) is 4. The largest absolute Gasteiger partial charge is 0.497 e. The van der Waals surface area contributed by atoms with E-state index in [4.69, 9.17) is 18.9 Å². The van der Waals surface area contributed by atoms with Crippen LogP contribution >= 0.6 is 0 Å². The van der Waals surface area contributed by atoms with Gasteiger partial charge in [-0.15, -0.1) is 0 Å². The van der Waals surface area contributed by atoms with Crippen LogP contribution in [0.25, 0.3) is 0 Å². The van der Waals surface area contributed by atoms with Gasteiger partial charge in [-0.1, -0.05) is 36.4 Å². The number of carbonyl (C=O) groups excluding carboxylic acids is 1. The number of amides is 1. The quantitative estimate of drug-likeness (QED) is 0.416. The Hall–Kier alpha value is -3.67. The normalized spacial score (nSPS) is 10.3. The monoisotopic (exact) mass is 435 g/mol. The van der Waals surface area contributed by atoms with Crippen LogP contribution < -0.4 is 24.3 Å². The summed E-state index contributed by atoms with van der Waals surface area (Å²) in [6, 6.07) is 23.0. The first-order valence-electron chi connectivity index (χ1n) is 10.5. The second-order valence-corrected chi connectivity index (χ2v) is 7.16. The minimum atomic E-state index is -0.0216. The minimum Gasteiger partial charge on any atom is -0.497 e.